The summed E-state index contributed by atoms with van der Waals surface area (Å²) in [5, 5.41) is 14.2. The highest BCUT2D eigenvalue weighted by molar-refractivity contribution is 5.93. The van der Waals surface area contributed by atoms with Crippen LogP contribution in [0.2, 0.25) is 0 Å². The molecule has 0 heterocycles. The standard InChI is InChI=1S/C21H27N3O/c1-14(20(25)24-19-4-2-3-15(8-19)12-22)23-13-21-9-16-5-17(10-21)7-18(6-16)11-21/h2-4,8,14,16-18,23H,5-7,9-11,13H2,1H3,(H,24,25)/p+1/t14-,16?,17?,18?,21?/m0/s1. The van der Waals surface area contributed by atoms with Crippen molar-refractivity contribution in [3.05, 3.63) is 29.8 Å². The zero-order chi connectivity index (χ0) is 17.4. The number of benzene rings is 1. The molecule has 3 N–H and O–H groups in total. The molecular weight excluding hydrogens is 310 g/mol. The van der Waals surface area contributed by atoms with Crippen LogP contribution in [-0.2, 0) is 4.79 Å². The number of anilines is 1. The van der Waals surface area contributed by atoms with Crippen LogP contribution in [0, 0.1) is 34.5 Å². The molecule has 0 unspecified atom stereocenters. The fourth-order valence-corrected chi connectivity index (χ4v) is 6.00. The van der Waals surface area contributed by atoms with Crippen molar-refractivity contribution in [2.45, 2.75) is 51.5 Å². The lowest BCUT2D eigenvalue weighted by Crippen LogP contribution is -2.94. The third-order valence-corrected chi connectivity index (χ3v) is 6.74. The van der Waals surface area contributed by atoms with E-state index in [1.165, 1.54) is 38.5 Å². The minimum Gasteiger partial charge on any atom is -0.336 e. The summed E-state index contributed by atoms with van der Waals surface area (Å²) in [6, 6.07) is 9.13. The van der Waals surface area contributed by atoms with Gasteiger partial charge in [0.2, 0.25) is 0 Å². The summed E-state index contributed by atoms with van der Waals surface area (Å²) in [6.07, 6.45) is 8.54. The molecule has 4 aliphatic carbocycles. The van der Waals surface area contributed by atoms with E-state index in [1.54, 1.807) is 18.2 Å². The Morgan fingerprint density at radius 1 is 1.28 bits per heavy atom. The Kier molecular flexibility index (Phi) is 4.29. The highest BCUT2D eigenvalue weighted by atomic mass is 16.2. The van der Waals surface area contributed by atoms with Crippen LogP contribution in [0.5, 0.6) is 0 Å². The largest absolute Gasteiger partial charge is 0.336 e. The highest BCUT2D eigenvalue weighted by Crippen LogP contribution is 2.59. The molecule has 0 aliphatic heterocycles. The fraction of sp³-hybridized carbons (Fsp3) is 0.619. The molecular formula is C21H28N3O+. The van der Waals surface area contributed by atoms with Crippen LogP contribution >= 0.6 is 0 Å². The van der Waals surface area contributed by atoms with Gasteiger partial charge in [0.1, 0.15) is 0 Å². The summed E-state index contributed by atoms with van der Waals surface area (Å²) in [5.41, 5.74) is 1.77. The Hall–Kier alpha value is -1.86. The van der Waals surface area contributed by atoms with Gasteiger partial charge in [-0.1, -0.05) is 6.07 Å². The maximum absolute atomic E-state index is 12.5. The van der Waals surface area contributed by atoms with E-state index in [2.05, 4.69) is 16.7 Å². The van der Waals surface area contributed by atoms with Crippen LogP contribution in [-0.4, -0.2) is 18.5 Å². The number of carbonyl (C=O) groups is 1. The molecule has 0 spiro atoms. The average Bonchev–Trinajstić information content (AvgIpc) is 2.58. The second kappa shape index (κ2) is 6.46. The molecule has 0 aromatic heterocycles. The molecule has 132 valence electrons. The Bertz CT molecular complexity index is 670. The van der Waals surface area contributed by atoms with E-state index < -0.39 is 0 Å². The zero-order valence-electron chi connectivity index (χ0n) is 15.0. The number of nitrogens with zero attached hydrogens (tertiary/aromatic N) is 1. The maximum atomic E-state index is 12.5. The fourth-order valence-electron chi connectivity index (χ4n) is 6.00. The molecule has 4 bridgehead atoms. The topological polar surface area (TPSA) is 69.5 Å². The van der Waals surface area contributed by atoms with Gasteiger partial charge in [-0.15, -0.1) is 0 Å². The van der Waals surface area contributed by atoms with E-state index in [9.17, 15) is 4.79 Å². The second-order valence-corrected chi connectivity index (χ2v) is 8.83. The van der Waals surface area contributed by atoms with Crippen molar-refractivity contribution in [1.29, 1.82) is 5.26 Å². The van der Waals surface area contributed by atoms with E-state index in [0.717, 1.165) is 24.3 Å². The van der Waals surface area contributed by atoms with Gasteiger partial charge >= 0.3 is 0 Å². The Morgan fingerprint density at radius 2 is 1.92 bits per heavy atom. The van der Waals surface area contributed by atoms with E-state index in [-0.39, 0.29) is 11.9 Å². The molecule has 1 aromatic rings. The van der Waals surface area contributed by atoms with E-state index >= 15 is 0 Å². The molecule has 25 heavy (non-hydrogen) atoms. The summed E-state index contributed by atoms with van der Waals surface area (Å²) in [4.78, 5) is 12.5. The molecule has 1 atom stereocenters. The molecule has 4 saturated carbocycles. The van der Waals surface area contributed by atoms with Crippen molar-refractivity contribution in [2.24, 2.45) is 23.2 Å². The van der Waals surface area contributed by atoms with Gasteiger partial charge in [-0.25, -0.2) is 0 Å². The van der Waals surface area contributed by atoms with Crippen LogP contribution in [0.1, 0.15) is 51.0 Å². The number of nitrogens with one attached hydrogen (secondary N) is 1. The summed E-state index contributed by atoms with van der Waals surface area (Å²) < 4.78 is 0. The van der Waals surface area contributed by atoms with Gasteiger partial charge in [0, 0.05) is 11.1 Å². The van der Waals surface area contributed by atoms with E-state index in [0.29, 0.717) is 16.7 Å². The first-order chi connectivity index (χ1) is 12.0. The van der Waals surface area contributed by atoms with Crippen LogP contribution < -0.4 is 10.6 Å². The molecule has 4 heteroatoms. The van der Waals surface area contributed by atoms with Crippen LogP contribution in [0.25, 0.3) is 0 Å². The Balaban J connectivity index is 1.33. The summed E-state index contributed by atoms with van der Waals surface area (Å²) in [5.74, 6) is 2.90. The predicted octanol–water partition coefficient (Wildman–Crippen LogP) is 2.67. The molecule has 0 saturated heterocycles. The van der Waals surface area contributed by atoms with Gasteiger partial charge in [0.25, 0.3) is 5.91 Å². The van der Waals surface area contributed by atoms with Crippen molar-refractivity contribution >= 4 is 11.6 Å². The number of nitriles is 1. The minimum absolute atomic E-state index is 0.0276. The van der Waals surface area contributed by atoms with Crippen molar-refractivity contribution < 1.29 is 10.1 Å². The molecule has 4 fully saturated rings. The quantitative estimate of drug-likeness (QED) is 0.866. The summed E-state index contributed by atoms with van der Waals surface area (Å²) in [6.45, 7) is 3.08. The lowest BCUT2D eigenvalue weighted by atomic mass is 9.49. The normalized spacial score (nSPS) is 33.7. The van der Waals surface area contributed by atoms with Crippen molar-refractivity contribution in [2.75, 3.05) is 11.9 Å². The number of carbonyl (C=O) groups excluding carboxylic acids is 1. The lowest BCUT2D eigenvalue weighted by molar-refractivity contribution is -0.686. The van der Waals surface area contributed by atoms with Gasteiger partial charge in [0.05, 0.1) is 18.2 Å². The van der Waals surface area contributed by atoms with Gasteiger partial charge in [-0.05, 0) is 81.4 Å². The van der Waals surface area contributed by atoms with Crippen LogP contribution in [0.15, 0.2) is 24.3 Å². The first-order valence-corrected chi connectivity index (χ1v) is 9.70. The van der Waals surface area contributed by atoms with Crippen LogP contribution in [0.4, 0.5) is 5.69 Å². The van der Waals surface area contributed by atoms with Gasteiger partial charge in [-0.2, -0.15) is 5.26 Å². The van der Waals surface area contributed by atoms with Crippen molar-refractivity contribution in [3.63, 3.8) is 0 Å². The third kappa shape index (κ3) is 3.43. The molecule has 4 aliphatic rings. The average molecular weight is 338 g/mol. The van der Waals surface area contributed by atoms with E-state index in [1.807, 2.05) is 13.0 Å². The number of amides is 1. The first-order valence-electron chi connectivity index (χ1n) is 9.70. The Labute approximate surface area is 150 Å². The molecule has 1 amide bonds. The lowest BCUT2D eigenvalue weighted by Gasteiger charge is -2.56. The monoisotopic (exact) mass is 338 g/mol. The van der Waals surface area contributed by atoms with Gasteiger partial charge in [0.15, 0.2) is 6.04 Å². The summed E-state index contributed by atoms with van der Waals surface area (Å²) >= 11 is 0. The molecule has 5 rings (SSSR count). The minimum atomic E-state index is -0.0984. The smallest absolute Gasteiger partial charge is 0.282 e. The maximum Gasteiger partial charge on any atom is 0.282 e. The number of hydrogen-bond donors (Lipinski definition) is 2. The summed E-state index contributed by atoms with van der Waals surface area (Å²) in [7, 11) is 0. The first kappa shape index (κ1) is 16.6. The predicted molar refractivity (Wildman–Crippen MR) is 96.6 cm³/mol. The van der Waals surface area contributed by atoms with E-state index in [4.69, 9.17) is 5.26 Å². The third-order valence-electron chi connectivity index (χ3n) is 6.74. The van der Waals surface area contributed by atoms with Gasteiger partial charge in [-0.3, -0.25) is 4.79 Å². The van der Waals surface area contributed by atoms with Crippen LogP contribution in [0.3, 0.4) is 0 Å². The second-order valence-electron chi connectivity index (χ2n) is 8.83. The highest BCUT2D eigenvalue weighted by Gasteiger charge is 2.51. The Morgan fingerprint density at radius 3 is 2.52 bits per heavy atom. The number of hydrogen-bond acceptors (Lipinski definition) is 2. The van der Waals surface area contributed by atoms with Crippen molar-refractivity contribution in [1.82, 2.24) is 0 Å². The van der Waals surface area contributed by atoms with Gasteiger partial charge < -0.3 is 10.6 Å². The van der Waals surface area contributed by atoms with Crippen molar-refractivity contribution in [3.8, 4) is 6.07 Å². The molecule has 1 aromatic carbocycles. The number of rotatable bonds is 5. The number of nitrogens with two attached hydrogens (primary N) is 1. The number of quaternary nitrogens is 1. The molecule has 0 radical (unpaired) electrons. The SMILES string of the molecule is C[C@H]([NH2+]CC12CC3CC(CC(C3)C1)C2)C(=O)Nc1cccc(C#N)c1. The molecule has 4 nitrogen and oxygen atoms in total. The zero-order valence-corrected chi connectivity index (χ0v) is 15.0.